The summed E-state index contributed by atoms with van der Waals surface area (Å²) in [5, 5.41) is 7.48. The molecule has 1 saturated carbocycles. The Bertz CT molecular complexity index is 1290. The summed E-state index contributed by atoms with van der Waals surface area (Å²) in [5.74, 6) is 0.726. The second kappa shape index (κ2) is 7.30. The minimum atomic E-state index is -4.62. The molecule has 32 heavy (non-hydrogen) atoms. The van der Waals surface area contributed by atoms with E-state index in [1.165, 1.54) is 6.20 Å². The highest BCUT2D eigenvalue weighted by Crippen LogP contribution is 2.39. The molecule has 0 amide bonds. The van der Waals surface area contributed by atoms with Gasteiger partial charge in [-0.1, -0.05) is 5.16 Å². The summed E-state index contributed by atoms with van der Waals surface area (Å²) >= 11 is 0. The maximum atomic E-state index is 13.7. The lowest BCUT2D eigenvalue weighted by atomic mass is 9.87. The summed E-state index contributed by atoms with van der Waals surface area (Å²) in [6.07, 6.45) is -0.659. The number of hydrogen-bond donors (Lipinski definition) is 3. The standard InChI is InChI=1S/C21H20F3N7O/c1-9-17(10(2)32-31-9)16-5-3-11-12(7-26-19(11)28-16)18-13(21(22,23)24)8-27-20(30-18)29-15-6-4-14(15)25/h3,5,7-8,14-15H,4,6,25H2,1-2H3,(H,26,28)(H,27,29,30). The molecule has 11 heteroatoms. The lowest BCUT2D eigenvalue weighted by Gasteiger charge is -2.34. The first-order valence-corrected chi connectivity index (χ1v) is 10.1. The predicted octanol–water partition coefficient (Wildman–Crippen LogP) is 4.21. The van der Waals surface area contributed by atoms with Gasteiger partial charge in [-0.25, -0.2) is 15.0 Å². The third-order valence-electron chi connectivity index (χ3n) is 5.82. The molecular weight excluding hydrogens is 423 g/mol. The number of nitrogens with zero attached hydrogens (tertiary/aromatic N) is 4. The van der Waals surface area contributed by atoms with Crippen molar-refractivity contribution in [3.8, 4) is 22.5 Å². The first kappa shape index (κ1) is 20.4. The van der Waals surface area contributed by atoms with Crippen molar-refractivity contribution in [1.29, 1.82) is 0 Å². The third kappa shape index (κ3) is 3.38. The van der Waals surface area contributed by atoms with E-state index in [1.807, 2.05) is 0 Å². The number of nitrogens with one attached hydrogen (secondary N) is 2. The maximum absolute atomic E-state index is 13.7. The number of pyridine rings is 1. The fraction of sp³-hybridized carbons (Fsp3) is 0.333. The zero-order chi connectivity index (χ0) is 22.6. The third-order valence-corrected chi connectivity index (χ3v) is 5.82. The highest BCUT2D eigenvalue weighted by atomic mass is 19.4. The van der Waals surface area contributed by atoms with Crippen LogP contribution < -0.4 is 11.1 Å². The molecule has 2 atom stereocenters. The predicted molar refractivity (Wildman–Crippen MR) is 112 cm³/mol. The van der Waals surface area contributed by atoms with Gasteiger partial charge in [0.15, 0.2) is 0 Å². The second-order valence-electron chi connectivity index (χ2n) is 7.94. The van der Waals surface area contributed by atoms with Gasteiger partial charge in [-0.2, -0.15) is 13.2 Å². The van der Waals surface area contributed by atoms with Gasteiger partial charge in [-0.3, -0.25) is 0 Å². The molecule has 1 aliphatic rings. The smallest absolute Gasteiger partial charge is 0.361 e. The van der Waals surface area contributed by atoms with Crippen LogP contribution in [0.5, 0.6) is 0 Å². The normalized spacial score (nSPS) is 18.7. The van der Waals surface area contributed by atoms with E-state index in [9.17, 15) is 13.2 Å². The molecule has 1 aliphatic carbocycles. The highest BCUT2D eigenvalue weighted by Gasteiger charge is 2.37. The van der Waals surface area contributed by atoms with Gasteiger partial charge < -0.3 is 20.6 Å². The van der Waals surface area contributed by atoms with E-state index < -0.39 is 11.7 Å². The molecule has 8 nitrogen and oxygen atoms in total. The monoisotopic (exact) mass is 443 g/mol. The van der Waals surface area contributed by atoms with Crippen LogP contribution in [0.15, 0.2) is 29.0 Å². The van der Waals surface area contributed by atoms with E-state index in [0.29, 0.717) is 28.2 Å². The Morgan fingerprint density at radius 1 is 1.19 bits per heavy atom. The summed E-state index contributed by atoms with van der Waals surface area (Å²) in [6.45, 7) is 3.58. The van der Waals surface area contributed by atoms with Gasteiger partial charge in [0.1, 0.15) is 17.0 Å². The Labute approximate surface area is 180 Å². The van der Waals surface area contributed by atoms with Crippen molar-refractivity contribution < 1.29 is 17.7 Å². The number of aromatic amines is 1. The molecule has 4 aromatic rings. The van der Waals surface area contributed by atoms with E-state index >= 15 is 0 Å². The van der Waals surface area contributed by atoms with Crippen LogP contribution in [0.2, 0.25) is 0 Å². The number of alkyl halides is 3. The number of aromatic nitrogens is 5. The molecule has 0 spiro atoms. The average Bonchev–Trinajstić information content (AvgIpc) is 3.32. The van der Waals surface area contributed by atoms with Gasteiger partial charge in [0, 0.05) is 35.4 Å². The molecule has 4 N–H and O–H groups in total. The number of H-pyrrole nitrogens is 1. The van der Waals surface area contributed by atoms with E-state index in [4.69, 9.17) is 10.3 Å². The molecule has 5 rings (SSSR count). The van der Waals surface area contributed by atoms with Crippen molar-refractivity contribution in [3.63, 3.8) is 0 Å². The minimum Gasteiger partial charge on any atom is -0.361 e. The summed E-state index contributed by atoms with van der Waals surface area (Å²) < 4.78 is 46.4. The zero-order valence-corrected chi connectivity index (χ0v) is 17.3. The Morgan fingerprint density at radius 3 is 2.62 bits per heavy atom. The van der Waals surface area contributed by atoms with Crippen LogP contribution in [0.4, 0.5) is 19.1 Å². The van der Waals surface area contributed by atoms with E-state index in [-0.39, 0.29) is 29.3 Å². The van der Waals surface area contributed by atoms with Gasteiger partial charge in [-0.15, -0.1) is 0 Å². The molecule has 0 radical (unpaired) electrons. The van der Waals surface area contributed by atoms with Crippen LogP contribution in [0.1, 0.15) is 29.9 Å². The van der Waals surface area contributed by atoms with E-state index in [1.54, 1.807) is 26.0 Å². The van der Waals surface area contributed by atoms with Crippen molar-refractivity contribution in [1.82, 2.24) is 25.1 Å². The van der Waals surface area contributed by atoms with Crippen LogP contribution in [0.3, 0.4) is 0 Å². The lowest BCUT2D eigenvalue weighted by molar-refractivity contribution is -0.137. The summed E-state index contributed by atoms with van der Waals surface area (Å²) in [6, 6.07) is 3.32. The van der Waals surface area contributed by atoms with Gasteiger partial charge in [0.2, 0.25) is 5.95 Å². The number of hydrogen-bond acceptors (Lipinski definition) is 7. The zero-order valence-electron chi connectivity index (χ0n) is 17.3. The molecular formula is C21H20F3N7O. The topological polar surface area (TPSA) is 119 Å². The van der Waals surface area contributed by atoms with Crippen LogP contribution in [0, 0.1) is 13.8 Å². The van der Waals surface area contributed by atoms with Crippen molar-refractivity contribution in [3.05, 3.63) is 41.5 Å². The summed E-state index contributed by atoms with van der Waals surface area (Å²) in [4.78, 5) is 15.6. The molecule has 166 valence electrons. The minimum absolute atomic E-state index is 0.0539. The Hall–Kier alpha value is -3.47. The van der Waals surface area contributed by atoms with E-state index in [2.05, 4.69) is 30.4 Å². The molecule has 4 aromatic heterocycles. The van der Waals surface area contributed by atoms with Gasteiger partial charge in [0.25, 0.3) is 0 Å². The maximum Gasteiger partial charge on any atom is 0.419 e. The molecule has 0 bridgehead atoms. The van der Waals surface area contributed by atoms with Crippen molar-refractivity contribution >= 4 is 17.0 Å². The van der Waals surface area contributed by atoms with Gasteiger partial charge in [0.05, 0.1) is 22.6 Å². The van der Waals surface area contributed by atoms with Crippen molar-refractivity contribution in [2.45, 2.75) is 44.9 Å². The number of nitrogens with two attached hydrogens (primary N) is 1. The van der Waals surface area contributed by atoms with Crippen LogP contribution in [-0.2, 0) is 6.18 Å². The fourth-order valence-electron chi connectivity index (χ4n) is 3.92. The molecule has 2 unspecified atom stereocenters. The fourth-order valence-corrected chi connectivity index (χ4v) is 3.92. The number of fused-ring (bicyclic) bond motifs is 1. The highest BCUT2D eigenvalue weighted by molar-refractivity contribution is 5.94. The summed E-state index contributed by atoms with van der Waals surface area (Å²) in [7, 11) is 0. The molecule has 0 aromatic carbocycles. The first-order valence-electron chi connectivity index (χ1n) is 10.1. The van der Waals surface area contributed by atoms with Crippen LogP contribution >= 0.6 is 0 Å². The average molecular weight is 443 g/mol. The lowest BCUT2D eigenvalue weighted by Crippen LogP contribution is -2.49. The first-order chi connectivity index (χ1) is 15.2. The number of aryl methyl sites for hydroxylation is 2. The van der Waals surface area contributed by atoms with Gasteiger partial charge in [-0.05, 0) is 38.8 Å². The Morgan fingerprint density at radius 2 is 2.00 bits per heavy atom. The summed E-state index contributed by atoms with van der Waals surface area (Å²) in [5.41, 5.74) is 7.55. The quantitative estimate of drug-likeness (QED) is 0.432. The molecule has 4 heterocycles. The SMILES string of the molecule is Cc1noc(C)c1-c1ccc2c(-c3nc(NC4CCC4N)ncc3C(F)(F)F)c[nH]c2n1. The van der Waals surface area contributed by atoms with Gasteiger partial charge >= 0.3 is 6.18 Å². The Balaban J connectivity index is 1.60. The molecule has 0 aliphatic heterocycles. The molecule has 1 fully saturated rings. The van der Waals surface area contributed by atoms with Crippen LogP contribution in [0.25, 0.3) is 33.5 Å². The number of halogens is 3. The Kier molecular flexibility index (Phi) is 4.66. The molecule has 0 saturated heterocycles. The number of rotatable bonds is 4. The van der Waals surface area contributed by atoms with Crippen molar-refractivity contribution in [2.24, 2.45) is 5.73 Å². The van der Waals surface area contributed by atoms with E-state index in [0.717, 1.165) is 24.6 Å². The number of anilines is 1. The second-order valence-corrected chi connectivity index (χ2v) is 7.94. The van der Waals surface area contributed by atoms with Crippen LogP contribution in [-0.4, -0.2) is 37.2 Å². The van der Waals surface area contributed by atoms with Crippen molar-refractivity contribution in [2.75, 3.05) is 5.32 Å². The largest absolute Gasteiger partial charge is 0.419 e.